The third kappa shape index (κ3) is 6.67. The summed E-state index contributed by atoms with van der Waals surface area (Å²) in [6, 6.07) is 13.5. The number of aryl methyl sites for hydroxylation is 1. The zero-order valence-corrected chi connectivity index (χ0v) is 19.1. The summed E-state index contributed by atoms with van der Waals surface area (Å²) in [7, 11) is 0. The Balaban J connectivity index is 2.00. The minimum atomic E-state index is -4.94. The third-order valence-electron chi connectivity index (χ3n) is 5.48. The van der Waals surface area contributed by atoms with Crippen LogP contribution in [0.1, 0.15) is 23.6 Å². The van der Waals surface area contributed by atoms with Crippen molar-refractivity contribution in [3.8, 4) is 11.1 Å². The van der Waals surface area contributed by atoms with Gasteiger partial charge in [0, 0.05) is 22.8 Å². The summed E-state index contributed by atoms with van der Waals surface area (Å²) in [6.45, 7) is 0.468. The number of hydrogen-bond acceptors (Lipinski definition) is 2. The molecule has 1 N–H and O–H groups in total. The molecule has 0 unspecified atom stereocenters. The van der Waals surface area contributed by atoms with Gasteiger partial charge in [-0.3, -0.25) is 0 Å². The predicted molar refractivity (Wildman–Crippen MR) is 121 cm³/mol. The van der Waals surface area contributed by atoms with Crippen molar-refractivity contribution < 1.29 is 35.8 Å². The maximum atomic E-state index is 14.5. The molecule has 0 saturated heterocycles. The first-order chi connectivity index (χ1) is 16.3. The molecule has 1 atom stereocenters. The van der Waals surface area contributed by atoms with Gasteiger partial charge in [-0.25, -0.2) is 4.39 Å². The van der Waals surface area contributed by atoms with Gasteiger partial charge in [0.25, 0.3) is 0 Å². The minimum absolute atomic E-state index is 0.220. The second-order valence-electron chi connectivity index (χ2n) is 7.95. The Morgan fingerprint density at radius 3 is 2.17 bits per heavy atom. The van der Waals surface area contributed by atoms with Gasteiger partial charge in [0.05, 0.1) is 12.1 Å². The molecule has 0 aromatic heterocycles. The maximum Gasteiger partial charge on any atom is 0.416 e. The largest absolute Gasteiger partial charge is 0.416 e. The van der Waals surface area contributed by atoms with E-state index in [2.05, 4.69) is 0 Å². The van der Waals surface area contributed by atoms with Crippen molar-refractivity contribution in [1.29, 1.82) is 0 Å². The van der Waals surface area contributed by atoms with Gasteiger partial charge >= 0.3 is 12.4 Å². The first kappa shape index (κ1) is 26.8. The van der Waals surface area contributed by atoms with E-state index < -0.39 is 42.9 Å². The van der Waals surface area contributed by atoms with E-state index in [1.165, 1.54) is 6.07 Å². The molecular weight excluding hydrogens is 499 g/mol. The number of benzene rings is 3. The fourth-order valence-corrected chi connectivity index (χ4v) is 3.79. The SMILES string of the molecule is CCc1cc(-c2cccc(N(Cc3ccc(C(F)(F)F)cc3F)C[C@@H](O)C(F)(F)F)c2)ccc1Cl. The van der Waals surface area contributed by atoms with Crippen molar-refractivity contribution in [2.75, 3.05) is 11.4 Å². The molecule has 188 valence electrons. The van der Waals surface area contributed by atoms with Crippen LogP contribution in [0.2, 0.25) is 5.02 Å². The van der Waals surface area contributed by atoms with Crippen LogP contribution in [0.25, 0.3) is 11.1 Å². The average Bonchev–Trinajstić information content (AvgIpc) is 2.78. The number of halogens is 8. The lowest BCUT2D eigenvalue weighted by atomic mass is 10.0. The van der Waals surface area contributed by atoms with Crippen molar-refractivity contribution >= 4 is 17.3 Å². The summed E-state index contributed by atoms with van der Waals surface area (Å²) in [5, 5.41) is 10.2. The summed E-state index contributed by atoms with van der Waals surface area (Å²) in [4.78, 5) is 1.07. The van der Waals surface area contributed by atoms with Crippen LogP contribution < -0.4 is 4.90 Å². The molecule has 0 heterocycles. The zero-order chi connectivity index (χ0) is 26.0. The Hall–Kier alpha value is -2.78. The molecule has 0 amide bonds. The van der Waals surface area contributed by atoms with Crippen LogP contribution >= 0.6 is 11.6 Å². The standard InChI is InChI=1S/C25H21ClF7NO/c1-2-15-10-17(7-9-21(15)26)16-4-3-5-20(11-16)34(14-23(35)25(31,32)33)13-18-6-8-19(12-22(18)27)24(28,29)30/h3-12,23,35H,2,13-14H2,1H3/t23-/m1/s1. The number of anilines is 1. The van der Waals surface area contributed by atoms with Crippen molar-refractivity contribution in [3.05, 3.63) is 88.2 Å². The molecule has 3 rings (SSSR count). The Labute approximate surface area is 202 Å². The molecule has 0 radical (unpaired) electrons. The number of nitrogens with zero attached hydrogens (tertiary/aromatic N) is 1. The average molecular weight is 520 g/mol. The van der Waals surface area contributed by atoms with Gasteiger partial charge in [-0.05, 0) is 59.5 Å². The van der Waals surface area contributed by atoms with Crippen LogP contribution in [0.5, 0.6) is 0 Å². The summed E-state index contributed by atoms with van der Waals surface area (Å²) in [6.07, 6.45) is -11.8. The topological polar surface area (TPSA) is 23.5 Å². The molecule has 0 aliphatic rings. The van der Waals surface area contributed by atoms with Crippen LogP contribution in [0, 0.1) is 5.82 Å². The molecule has 3 aromatic rings. The van der Waals surface area contributed by atoms with E-state index in [9.17, 15) is 35.8 Å². The molecule has 0 saturated carbocycles. The highest BCUT2D eigenvalue weighted by Crippen LogP contribution is 2.33. The molecule has 35 heavy (non-hydrogen) atoms. The van der Waals surface area contributed by atoms with Crippen molar-refractivity contribution in [3.63, 3.8) is 0 Å². The Morgan fingerprint density at radius 2 is 1.57 bits per heavy atom. The fourth-order valence-electron chi connectivity index (χ4n) is 3.54. The first-order valence-corrected chi connectivity index (χ1v) is 10.9. The highest BCUT2D eigenvalue weighted by molar-refractivity contribution is 6.31. The molecule has 2 nitrogen and oxygen atoms in total. The molecular formula is C25H21ClF7NO. The normalized spacial score (nSPS) is 13.1. The number of rotatable bonds is 7. The summed E-state index contributed by atoms with van der Waals surface area (Å²) in [5.41, 5.74) is 0.997. The minimum Gasteiger partial charge on any atom is -0.382 e. The highest BCUT2D eigenvalue weighted by atomic mass is 35.5. The van der Waals surface area contributed by atoms with Gasteiger partial charge in [0.2, 0.25) is 0 Å². The molecule has 0 aliphatic carbocycles. The summed E-state index contributed by atoms with van der Waals surface area (Å²) in [5.74, 6) is -1.22. The van der Waals surface area contributed by atoms with E-state index in [0.29, 0.717) is 29.1 Å². The van der Waals surface area contributed by atoms with Crippen LogP contribution in [0.15, 0.2) is 60.7 Å². The Bertz CT molecular complexity index is 1180. The fraction of sp³-hybridized carbons (Fsp3) is 0.280. The maximum absolute atomic E-state index is 14.5. The quantitative estimate of drug-likeness (QED) is 0.324. The summed E-state index contributed by atoms with van der Waals surface area (Å²) < 4.78 is 92.4. The van der Waals surface area contributed by atoms with Crippen molar-refractivity contribution in [1.82, 2.24) is 0 Å². The number of alkyl halides is 6. The van der Waals surface area contributed by atoms with Gasteiger partial charge in [0.1, 0.15) is 5.82 Å². The van der Waals surface area contributed by atoms with Crippen LogP contribution in [-0.2, 0) is 19.1 Å². The lowest BCUT2D eigenvalue weighted by Crippen LogP contribution is -2.41. The molecule has 0 fully saturated rings. The van der Waals surface area contributed by atoms with Crippen LogP contribution in [0.3, 0.4) is 0 Å². The molecule has 0 bridgehead atoms. The summed E-state index contributed by atoms with van der Waals surface area (Å²) >= 11 is 6.16. The van der Waals surface area contributed by atoms with E-state index >= 15 is 0 Å². The van der Waals surface area contributed by atoms with Gasteiger partial charge in [-0.1, -0.05) is 42.8 Å². The lowest BCUT2D eigenvalue weighted by Gasteiger charge is -2.29. The zero-order valence-electron chi connectivity index (χ0n) is 18.4. The number of hydrogen-bond donors (Lipinski definition) is 1. The Kier molecular flexibility index (Phi) is 8.01. The predicted octanol–water partition coefficient (Wildman–Crippen LogP) is 7.66. The first-order valence-electron chi connectivity index (χ1n) is 10.5. The Morgan fingerprint density at radius 1 is 0.886 bits per heavy atom. The third-order valence-corrected chi connectivity index (χ3v) is 5.85. The number of aliphatic hydroxyl groups excluding tert-OH is 1. The molecule has 0 aliphatic heterocycles. The van der Waals surface area contributed by atoms with Crippen molar-refractivity contribution in [2.24, 2.45) is 0 Å². The van der Waals surface area contributed by atoms with E-state index in [-0.39, 0.29) is 11.3 Å². The van der Waals surface area contributed by atoms with Crippen molar-refractivity contribution in [2.45, 2.75) is 38.3 Å². The van der Waals surface area contributed by atoms with E-state index in [4.69, 9.17) is 11.6 Å². The van der Waals surface area contributed by atoms with Gasteiger partial charge in [-0.15, -0.1) is 0 Å². The van der Waals surface area contributed by atoms with Crippen LogP contribution in [0.4, 0.5) is 36.4 Å². The molecule has 3 aromatic carbocycles. The monoisotopic (exact) mass is 519 g/mol. The van der Waals surface area contributed by atoms with E-state index in [1.807, 2.05) is 13.0 Å². The van der Waals surface area contributed by atoms with Gasteiger partial charge in [-0.2, -0.15) is 26.3 Å². The smallest absolute Gasteiger partial charge is 0.382 e. The van der Waals surface area contributed by atoms with Crippen LogP contribution in [-0.4, -0.2) is 23.9 Å². The second-order valence-corrected chi connectivity index (χ2v) is 8.36. The molecule has 10 heteroatoms. The second kappa shape index (κ2) is 10.5. The van der Waals surface area contributed by atoms with E-state index in [0.717, 1.165) is 22.1 Å². The van der Waals surface area contributed by atoms with Gasteiger partial charge < -0.3 is 10.0 Å². The van der Waals surface area contributed by atoms with Gasteiger partial charge in [0.15, 0.2) is 6.10 Å². The van der Waals surface area contributed by atoms with E-state index in [1.54, 1.807) is 30.3 Å². The molecule has 0 spiro atoms. The highest BCUT2D eigenvalue weighted by Gasteiger charge is 2.39. The lowest BCUT2D eigenvalue weighted by molar-refractivity contribution is -0.200. The number of aliphatic hydroxyl groups is 1.